The molecule has 1 aromatic heterocycles. The molecule has 0 radical (unpaired) electrons. The Morgan fingerprint density at radius 3 is 1.92 bits per heavy atom. The average Bonchev–Trinajstić information content (AvgIpc) is 3.29. The maximum Gasteiger partial charge on any atom is 0.268 e. The van der Waals surface area contributed by atoms with E-state index in [1.54, 1.807) is 12.1 Å². The van der Waals surface area contributed by atoms with Gasteiger partial charge >= 0.3 is 0 Å². The predicted molar refractivity (Wildman–Crippen MR) is 154 cm³/mol. The highest BCUT2D eigenvalue weighted by Gasteiger charge is 2.24. The normalized spacial score (nSPS) is 12.1. The Morgan fingerprint density at radius 1 is 0.541 bits per heavy atom. The van der Waals surface area contributed by atoms with E-state index >= 15 is 0 Å². The van der Waals surface area contributed by atoms with Gasteiger partial charge in [0.15, 0.2) is 0 Å². The smallest absolute Gasteiger partial charge is 0.233 e. The van der Waals surface area contributed by atoms with Crippen LogP contribution < -0.4 is 0 Å². The number of para-hydroxylation sites is 1. The van der Waals surface area contributed by atoms with E-state index in [-0.39, 0.29) is 4.90 Å². The van der Waals surface area contributed by atoms with Crippen molar-refractivity contribution in [3.05, 3.63) is 127 Å². The fraction of sp³-hybridized carbons (Fsp3) is 0.0303. The van der Waals surface area contributed by atoms with Crippen LogP contribution in [0.4, 0.5) is 0 Å². The average molecular weight is 498 g/mol. The minimum absolute atomic E-state index is 0.282. The van der Waals surface area contributed by atoms with Gasteiger partial charge in [-0.05, 0) is 69.9 Å². The van der Waals surface area contributed by atoms with E-state index in [0.29, 0.717) is 11.0 Å². The number of rotatable bonds is 3. The summed E-state index contributed by atoms with van der Waals surface area (Å²) in [5.41, 5.74) is 4.65. The van der Waals surface area contributed by atoms with Crippen LogP contribution in [0.5, 0.6) is 0 Å². The van der Waals surface area contributed by atoms with Gasteiger partial charge in [0.2, 0.25) is 0 Å². The van der Waals surface area contributed by atoms with Crippen LogP contribution in [0.25, 0.3) is 54.5 Å². The summed E-state index contributed by atoms with van der Waals surface area (Å²) in [6.45, 7) is 1.96. The van der Waals surface area contributed by atoms with Gasteiger partial charge in [-0.25, -0.2) is 12.4 Å². The SMILES string of the molecule is Cc1ccc(S(=O)(=O)n2c3ccccc3c3c4cc(-c5ccccc5)c5ccccc5c4ccc32)cc1. The Kier molecular flexibility index (Phi) is 4.75. The molecule has 6 aromatic carbocycles. The number of hydrogen-bond acceptors (Lipinski definition) is 2. The summed E-state index contributed by atoms with van der Waals surface area (Å²) in [6.07, 6.45) is 0. The van der Waals surface area contributed by atoms with Crippen LogP contribution in [0.3, 0.4) is 0 Å². The number of aryl methyl sites for hydroxylation is 1. The molecule has 0 N–H and O–H groups in total. The largest absolute Gasteiger partial charge is 0.268 e. The molecule has 4 heteroatoms. The maximum absolute atomic E-state index is 14.0. The van der Waals surface area contributed by atoms with Gasteiger partial charge in [0.05, 0.1) is 15.9 Å². The van der Waals surface area contributed by atoms with E-state index in [4.69, 9.17) is 0 Å². The molecule has 7 rings (SSSR count). The van der Waals surface area contributed by atoms with Crippen molar-refractivity contribution in [1.29, 1.82) is 0 Å². The molecule has 178 valence electrons. The molecule has 0 spiro atoms. The second-order valence-electron chi connectivity index (χ2n) is 9.49. The predicted octanol–water partition coefficient (Wildman–Crippen LogP) is 8.31. The van der Waals surface area contributed by atoms with E-state index in [1.165, 1.54) is 9.36 Å². The van der Waals surface area contributed by atoms with E-state index in [1.807, 2.05) is 55.5 Å². The summed E-state index contributed by atoms with van der Waals surface area (Å²) in [5, 5.41) is 6.36. The number of aromatic nitrogens is 1. The van der Waals surface area contributed by atoms with Crippen molar-refractivity contribution in [3.63, 3.8) is 0 Å². The number of fused-ring (bicyclic) bond motifs is 7. The summed E-state index contributed by atoms with van der Waals surface area (Å²) in [4.78, 5) is 0.282. The van der Waals surface area contributed by atoms with Gasteiger partial charge in [0, 0.05) is 10.8 Å². The monoisotopic (exact) mass is 497 g/mol. The third-order valence-corrected chi connectivity index (χ3v) is 9.02. The summed E-state index contributed by atoms with van der Waals surface area (Å²) >= 11 is 0. The lowest BCUT2D eigenvalue weighted by Crippen LogP contribution is -2.12. The second kappa shape index (κ2) is 8.05. The van der Waals surface area contributed by atoms with Crippen molar-refractivity contribution in [2.24, 2.45) is 0 Å². The van der Waals surface area contributed by atoms with E-state index in [0.717, 1.165) is 43.6 Å². The standard InChI is InChI=1S/C33H23NO2S/c1-22-15-17-24(18-16-22)37(35,36)34-31-14-8-7-13-28(31)33-30-21-29(23-9-3-2-4-10-23)26-12-6-5-11-25(26)27(30)19-20-32(33)34/h2-21H,1H3. The lowest BCUT2D eigenvalue weighted by molar-refractivity contribution is 0.590. The van der Waals surface area contributed by atoms with Crippen LogP contribution in [0, 0.1) is 6.92 Å². The fourth-order valence-electron chi connectivity index (χ4n) is 5.54. The molecule has 1 heterocycles. The van der Waals surface area contributed by atoms with Crippen molar-refractivity contribution < 1.29 is 8.42 Å². The molecule has 0 amide bonds. The summed E-state index contributed by atoms with van der Waals surface area (Å²) in [5.74, 6) is 0. The molecule has 0 fully saturated rings. The number of benzene rings is 6. The van der Waals surface area contributed by atoms with Gasteiger partial charge in [-0.15, -0.1) is 0 Å². The first-order valence-electron chi connectivity index (χ1n) is 12.3. The zero-order valence-electron chi connectivity index (χ0n) is 20.2. The van der Waals surface area contributed by atoms with E-state index in [9.17, 15) is 8.42 Å². The van der Waals surface area contributed by atoms with Crippen LogP contribution in [-0.2, 0) is 10.0 Å². The third kappa shape index (κ3) is 3.23. The lowest BCUT2D eigenvalue weighted by atomic mass is 9.91. The van der Waals surface area contributed by atoms with Crippen molar-refractivity contribution in [1.82, 2.24) is 3.97 Å². The molecule has 0 aliphatic heterocycles. The first kappa shape index (κ1) is 21.8. The van der Waals surface area contributed by atoms with Crippen LogP contribution in [0.1, 0.15) is 5.56 Å². The Hall–Kier alpha value is -4.41. The minimum Gasteiger partial charge on any atom is -0.233 e. The first-order valence-corrected chi connectivity index (χ1v) is 13.7. The molecular weight excluding hydrogens is 474 g/mol. The highest BCUT2D eigenvalue weighted by atomic mass is 32.2. The van der Waals surface area contributed by atoms with E-state index in [2.05, 4.69) is 60.7 Å². The Bertz CT molecular complexity index is 2090. The molecule has 0 saturated heterocycles. The molecule has 0 atom stereocenters. The van der Waals surface area contributed by atoms with Crippen LogP contribution in [0.2, 0.25) is 0 Å². The summed E-state index contributed by atoms with van der Waals surface area (Å²) in [6, 6.07) is 39.9. The quantitative estimate of drug-likeness (QED) is 0.230. The van der Waals surface area contributed by atoms with Gasteiger partial charge in [-0.2, -0.15) is 0 Å². The van der Waals surface area contributed by atoms with Crippen molar-refractivity contribution in [2.75, 3.05) is 0 Å². The number of nitrogens with zero attached hydrogens (tertiary/aromatic N) is 1. The Labute approximate surface area is 215 Å². The topological polar surface area (TPSA) is 39.1 Å². The zero-order chi connectivity index (χ0) is 25.1. The molecular formula is C33H23NO2S. The first-order chi connectivity index (χ1) is 18.0. The zero-order valence-corrected chi connectivity index (χ0v) is 21.0. The molecule has 0 aliphatic rings. The molecule has 3 nitrogen and oxygen atoms in total. The molecule has 0 aliphatic carbocycles. The van der Waals surface area contributed by atoms with Crippen molar-refractivity contribution >= 4 is 53.4 Å². The highest BCUT2D eigenvalue weighted by molar-refractivity contribution is 7.90. The molecule has 0 bridgehead atoms. The second-order valence-corrected chi connectivity index (χ2v) is 11.3. The highest BCUT2D eigenvalue weighted by Crippen LogP contribution is 2.42. The fourth-order valence-corrected chi connectivity index (χ4v) is 7.06. The Morgan fingerprint density at radius 2 is 1.16 bits per heavy atom. The van der Waals surface area contributed by atoms with Gasteiger partial charge in [0.25, 0.3) is 10.0 Å². The molecule has 7 aromatic rings. The number of hydrogen-bond donors (Lipinski definition) is 0. The Balaban J connectivity index is 1.66. The van der Waals surface area contributed by atoms with Crippen LogP contribution in [-0.4, -0.2) is 12.4 Å². The molecule has 0 saturated carbocycles. The van der Waals surface area contributed by atoms with Gasteiger partial charge in [-0.3, -0.25) is 0 Å². The summed E-state index contributed by atoms with van der Waals surface area (Å²) in [7, 11) is -3.82. The van der Waals surface area contributed by atoms with E-state index < -0.39 is 10.0 Å². The van der Waals surface area contributed by atoms with Crippen molar-refractivity contribution in [3.8, 4) is 11.1 Å². The van der Waals surface area contributed by atoms with Crippen LogP contribution >= 0.6 is 0 Å². The van der Waals surface area contributed by atoms with Crippen molar-refractivity contribution in [2.45, 2.75) is 11.8 Å². The lowest BCUT2D eigenvalue weighted by Gasteiger charge is -2.13. The molecule has 37 heavy (non-hydrogen) atoms. The van der Waals surface area contributed by atoms with Gasteiger partial charge in [-0.1, -0.05) is 96.6 Å². The van der Waals surface area contributed by atoms with Crippen LogP contribution in [0.15, 0.2) is 126 Å². The summed E-state index contributed by atoms with van der Waals surface area (Å²) < 4.78 is 29.6. The van der Waals surface area contributed by atoms with Gasteiger partial charge < -0.3 is 0 Å². The minimum atomic E-state index is -3.82. The molecule has 0 unspecified atom stereocenters. The third-order valence-electron chi connectivity index (χ3n) is 7.27. The van der Waals surface area contributed by atoms with Gasteiger partial charge in [0.1, 0.15) is 0 Å². The maximum atomic E-state index is 14.0.